The predicted octanol–water partition coefficient (Wildman–Crippen LogP) is 3.03. The Morgan fingerprint density at radius 2 is 1.48 bits per heavy atom. The molecule has 2 aromatic rings. The maximum atomic E-state index is 13.2. The fraction of sp³-hybridized carbons (Fsp3) is 0.304. The first-order valence-corrected chi connectivity index (χ1v) is 10.9. The molecule has 150 valence electrons. The normalized spacial score (nSPS) is 18.0. The zero-order chi connectivity index (χ0) is 20.1. The lowest BCUT2D eigenvalue weighted by atomic mass is 10.1. The highest BCUT2D eigenvalue weighted by atomic mass is 32.2. The number of nitrogens with zero attached hydrogens (tertiary/aromatic N) is 2. The van der Waals surface area contributed by atoms with Gasteiger partial charge in [0.1, 0.15) is 0 Å². The van der Waals surface area contributed by atoms with E-state index in [-0.39, 0.29) is 11.8 Å². The number of imide groups is 1. The summed E-state index contributed by atoms with van der Waals surface area (Å²) in [5, 5.41) is 0. The van der Waals surface area contributed by atoms with Crippen LogP contribution in [0.2, 0.25) is 0 Å². The molecule has 5 nitrogen and oxygen atoms in total. The molecule has 1 saturated heterocycles. The standard InChI is InChI=1S/C23H24N2O3S/c26-22-20(19-9-5-2-6-10-19)21(29-17-18-7-3-1-4-8-18)23(27)25(22)12-11-24-13-15-28-16-14-24/h1-10H,11-17H2. The average Bonchev–Trinajstić information content (AvgIpc) is 3.02. The Kier molecular flexibility index (Phi) is 6.44. The highest BCUT2D eigenvalue weighted by Crippen LogP contribution is 2.37. The molecule has 29 heavy (non-hydrogen) atoms. The number of carbonyl (C=O) groups is 2. The number of benzene rings is 2. The first-order chi connectivity index (χ1) is 14.2. The van der Waals surface area contributed by atoms with Gasteiger partial charge in [-0.25, -0.2) is 0 Å². The van der Waals surface area contributed by atoms with Crippen molar-refractivity contribution >= 4 is 29.1 Å². The van der Waals surface area contributed by atoms with Gasteiger partial charge in [-0.05, 0) is 11.1 Å². The molecule has 0 aliphatic carbocycles. The molecule has 1 fully saturated rings. The first-order valence-electron chi connectivity index (χ1n) is 9.87. The molecule has 0 N–H and O–H groups in total. The second kappa shape index (κ2) is 9.39. The Bertz CT molecular complexity index is 893. The fourth-order valence-electron chi connectivity index (χ4n) is 3.55. The minimum atomic E-state index is -0.190. The number of carbonyl (C=O) groups excluding carboxylic acids is 2. The van der Waals surface area contributed by atoms with E-state index in [1.165, 1.54) is 16.7 Å². The molecule has 6 heteroatoms. The van der Waals surface area contributed by atoms with E-state index >= 15 is 0 Å². The Morgan fingerprint density at radius 1 is 0.828 bits per heavy atom. The number of rotatable bonds is 7. The van der Waals surface area contributed by atoms with E-state index < -0.39 is 0 Å². The molecule has 0 spiro atoms. The highest BCUT2D eigenvalue weighted by Gasteiger charge is 2.39. The lowest BCUT2D eigenvalue weighted by Gasteiger charge is -2.28. The summed E-state index contributed by atoms with van der Waals surface area (Å²) in [4.78, 5) is 30.6. The summed E-state index contributed by atoms with van der Waals surface area (Å²) in [5.74, 6) is 0.288. The molecule has 2 aliphatic rings. The third-order valence-corrected chi connectivity index (χ3v) is 6.30. The Hall–Kier alpha value is -2.41. The van der Waals surface area contributed by atoms with E-state index in [1.54, 1.807) is 0 Å². The molecule has 4 rings (SSSR count). The lowest BCUT2D eigenvalue weighted by Crippen LogP contribution is -2.43. The van der Waals surface area contributed by atoms with Crippen LogP contribution in [0.25, 0.3) is 5.57 Å². The van der Waals surface area contributed by atoms with Gasteiger partial charge in [0, 0.05) is 31.9 Å². The molecule has 2 aromatic carbocycles. The SMILES string of the molecule is O=C1C(SCc2ccccc2)=C(c2ccccc2)C(=O)N1CCN1CCOCC1. The maximum absolute atomic E-state index is 13.2. The van der Waals surface area contributed by atoms with Crippen LogP contribution in [0.5, 0.6) is 0 Å². The molecule has 0 saturated carbocycles. The summed E-state index contributed by atoms with van der Waals surface area (Å²) in [6, 6.07) is 19.5. The largest absolute Gasteiger partial charge is 0.379 e. The molecule has 2 amide bonds. The average molecular weight is 409 g/mol. The summed E-state index contributed by atoms with van der Waals surface area (Å²) in [6.07, 6.45) is 0. The van der Waals surface area contributed by atoms with Crippen molar-refractivity contribution in [2.45, 2.75) is 5.75 Å². The Balaban J connectivity index is 1.54. The second-order valence-corrected chi connectivity index (χ2v) is 8.05. The van der Waals surface area contributed by atoms with Crippen molar-refractivity contribution in [2.75, 3.05) is 39.4 Å². The number of hydrogen-bond donors (Lipinski definition) is 0. The third kappa shape index (κ3) is 4.61. The Morgan fingerprint density at radius 3 is 2.17 bits per heavy atom. The van der Waals surface area contributed by atoms with Crippen LogP contribution in [0.1, 0.15) is 11.1 Å². The predicted molar refractivity (Wildman–Crippen MR) is 115 cm³/mol. The van der Waals surface area contributed by atoms with Crippen molar-refractivity contribution in [1.29, 1.82) is 0 Å². The van der Waals surface area contributed by atoms with E-state index in [0.29, 0.717) is 42.5 Å². The lowest BCUT2D eigenvalue weighted by molar-refractivity contribution is -0.136. The topological polar surface area (TPSA) is 49.9 Å². The number of thioether (sulfide) groups is 1. The monoisotopic (exact) mass is 408 g/mol. The molecule has 0 unspecified atom stereocenters. The molecule has 0 radical (unpaired) electrons. The van der Waals surface area contributed by atoms with Crippen LogP contribution in [0.3, 0.4) is 0 Å². The van der Waals surface area contributed by atoms with Crippen LogP contribution in [-0.4, -0.2) is 61.0 Å². The summed E-state index contributed by atoms with van der Waals surface area (Å²) in [6.45, 7) is 4.17. The smallest absolute Gasteiger partial charge is 0.268 e. The van der Waals surface area contributed by atoms with Gasteiger partial charge in [0.15, 0.2) is 0 Å². The number of amides is 2. The molecule has 2 aliphatic heterocycles. The number of ether oxygens (including phenoxy) is 1. The highest BCUT2D eigenvalue weighted by molar-refractivity contribution is 8.03. The van der Waals surface area contributed by atoms with Gasteiger partial charge in [0.2, 0.25) is 0 Å². The second-order valence-electron chi connectivity index (χ2n) is 7.06. The summed E-state index contributed by atoms with van der Waals surface area (Å²) < 4.78 is 5.38. The molecule has 0 bridgehead atoms. The van der Waals surface area contributed by atoms with Crippen LogP contribution in [0.15, 0.2) is 65.6 Å². The van der Waals surface area contributed by atoms with Gasteiger partial charge in [-0.3, -0.25) is 19.4 Å². The van der Waals surface area contributed by atoms with Gasteiger partial charge >= 0.3 is 0 Å². The van der Waals surface area contributed by atoms with Gasteiger partial charge < -0.3 is 4.74 Å². The van der Waals surface area contributed by atoms with Crippen LogP contribution >= 0.6 is 11.8 Å². The molecule has 0 aromatic heterocycles. The number of hydrogen-bond acceptors (Lipinski definition) is 5. The molecule has 0 atom stereocenters. The quantitative estimate of drug-likeness (QED) is 0.659. The summed E-state index contributed by atoms with van der Waals surface area (Å²) in [5.41, 5.74) is 2.46. The van der Waals surface area contributed by atoms with E-state index in [2.05, 4.69) is 4.90 Å². The molecular weight excluding hydrogens is 384 g/mol. The summed E-state index contributed by atoms with van der Waals surface area (Å²) >= 11 is 1.45. The van der Waals surface area contributed by atoms with Gasteiger partial charge in [0.05, 0.1) is 23.7 Å². The first kappa shape index (κ1) is 19.9. The van der Waals surface area contributed by atoms with E-state index in [9.17, 15) is 9.59 Å². The van der Waals surface area contributed by atoms with Crippen LogP contribution in [-0.2, 0) is 20.1 Å². The zero-order valence-electron chi connectivity index (χ0n) is 16.3. The third-order valence-electron chi connectivity index (χ3n) is 5.16. The van der Waals surface area contributed by atoms with Gasteiger partial charge in [-0.2, -0.15) is 0 Å². The maximum Gasteiger partial charge on any atom is 0.268 e. The van der Waals surface area contributed by atoms with Crippen molar-refractivity contribution in [3.8, 4) is 0 Å². The van der Waals surface area contributed by atoms with E-state index in [0.717, 1.165) is 24.2 Å². The van der Waals surface area contributed by atoms with Crippen LogP contribution in [0, 0.1) is 0 Å². The minimum Gasteiger partial charge on any atom is -0.379 e. The fourth-order valence-corrected chi connectivity index (χ4v) is 4.63. The van der Waals surface area contributed by atoms with Crippen LogP contribution in [0.4, 0.5) is 0 Å². The van der Waals surface area contributed by atoms with Gasteiger partial charge in [-0.1, -0.05) is 60.7 Å². The van der Waals surface area contributed by atoms with Crippen molar-refractivity contribution in [2.24, 2.45) is 0 Å². The summed E-state index contributed by atoms with van der Waals surface area (Å²) in [7, 11) is 0. The van der Waals surface area contributed by atoms with Crippen molar-refractivity contribution in [3.63, 3.8) is 0 Å². The van der Waals surface area contributed by atoms with E-state index in [4.69, 9.17) is 4.74 Å². The number of morpholine rings is 1. The molecule has 2 heterocycles. The molecular formula is C23H24N2O3S. The van der Waals surface area contributed by atoms with Gasteiger partial charge in [0.25, 0.3) is 11.8 Å². The Labute approximate surface area is 175 Å². The van der Waals surface area contributed by atoms with Crippen molar-refractivity contribution in [1.82, 2.24) is 9.80 Å². The van der Waals surface area contributed by atoms with Crippen molar-refractivity contribution < 1.29 is 14.3 Å². The zero-order valence-corrected chi connectivity index (χ0v) is 17.1. The minimum absolute atomic E-state index is 0.178. The van der Waals surface area contributed by atoms with E-state index in [1.807, 2.05) is 60.7 Å². The van der Waals surface area contributed by atoms with Gasteiger partial charge in [-0.15, -0.1) is 11.8 Å². The van der Waals surface area contributed by atoms with Crippen LogP contribution < -0.4 is 0 Å². The van der Waals surface area contributed by atoms with Crippen molar-refractivity contribution in [3.05, 3.63) is 76.7 Å².